The summed E-state index contributed by atoms with van der Waals surface area (Å²) in [4.78, 5) is 28.2. The molecule has 31 heavy (non-hydrogen) atoms. The molecule has 1 aromatic carbocycles. The topological polar surface area (TPSA) is 74.8 Å². The van der Waals surface area contributed by atoms with Gasteiger partial charge < -0.3 is 9.47 Å². The van der Waals surface area contributed by atoms with Crippen LogP contribution >= 0.6 is 11.6 Å². The highest BCUT2D eigenvalue weighted by atomic mass is 35.5. The zero-order valence-corrected chi connectivity index (χ0v) is 17.2. The third-order valence-corrected chi connectivity index (χ3v) is 4.38. The van der Waals surface area contributed by atoms with Crippen molar-refractivity contribution >= 4 is 23.3 Å². The van der Waals surface area contributed by atoms with Gasteiger partial charge in [0.1, 0.15) is 17.3 Å². The van der Waals surface area contributed by atoms with Crippen LogP contribution in [0, 0.1) is 5.82 Å². The summed E-state index contributed by atoms with van der Waals surface area (Å²) in [5.74, 6) is -2.37. The molecule has 0 aliphatic rings. The van der Waals surface area contributed by atoms with E-state index in [-0.39, 0.29) is 10.8 Å². The lowest BCUT2D eigenvalue weighted by Crippen LogP contribution is -2.29. The van der Waals surface area contributed by atoms with Crippen molar-refractivity contribution < 1.29 is 31.8 Å². The van der Waals surface area contributed by atoms with Gasteiger partial charge in [0.2, 0.25) is 5.78 Å². The molecule has 12 heteroatoms. The fourth-order valence-corrected chi connectivity index (χ4v) is 2.99. The van der Waals surface area contributed by atoms with E-state index in [0.29, 0.717) is 15.0 Å². The molecule has 0 saturated heterocycles. The van der Waals surface area contributed by atoms with Gasteiger partial charge in [-0.05, 0) is 26.8 Å². The van der Waals surface area contributed by atoms with Crippen LogP contribution in [0.5, 0.6) is 5.75 Å². The van der Waals surface area contributed by atoms with E-state index < -0.39 is 52.9 Å². The summed E-state index contributed by atoms with van der Waals surface area (Å²) in [7, 11) is 0. The van der Waals surface area contributed by atoms with Crippen LogP contribution in [0.3, 0.4) is 0 Å². The van der Waals surface area contributed by atoms with Gasteiger partial charge in [-0.2, -0.15) is 13.2 Å². The molecule has 166 valence electrons. The Morgan fingerprint density at radius 2 is 1.87 bits per heavy atom. The summed E-state index contributed by atoms with van der Waals surface area (Å²) in [6.07, 6.45) is -4.35. The Labute approximate surface area is 177 Å². The first kappa shape index (κ1) is 22.6. The van der Waals surface area contributed by atoms with Gasteiger partial charge >= 0.3 is 12.1 Å². The van der Waals surface area contributed by atoms with Crippen molar-refractivity contribution in [3.8, 4) is 11.4 Å². The molecule has 7 nitrogen and oxygen atoms in total. The van der Waals surface area contributed by atoms with Crippen molar-refractivity contribution in [3.63, 3.8) is 0 Å². The number of rotatable bonds is 5. The highest BCUT2D eigenvalue weighted by molar-refractivity contribution is 6.32. The minimum absolute atomic E-state index is 0.178. The normalized spacial score (nSPS) is 12.9. The van der Waals surface area contributed by atoms with Crippen molar-refractivity contribution in [2.45, 2.75) is 39.2 Å². The van der Waals surface area contributed by atoms with E-state index in [1.807, 2.05) is 0 Å². The number of benzene rings is 1. The lowest BCUT2D eigenvalue weighted by molar-refractivity contribution is -0.154. The van der Waals surface area contributed by atoms with Crippen molar-refractivity contribution in [2.24, 2.45) is 0 Å². The van der Waals surface area contributed by atoms with E-state index in [2.05, 4.69) is 4.98 Å². The fraction of sp³-hybridized carbons (Fsp3) is 0.316. The highest BCUT2D eigenvalue weighted by Gasteiger charge is 2.35. The smallest absolute Gasteiger partial charge is 0.432 e. The molecule has 0 radical (unpaired) electrons. The van der Waals surface area contributed by atoms with Crippen LogP contribution < -0.4 is 10.3 Å². The van der Waals surface area contributed by atoms with Gasteiger partial charge in [0.05, 0.1) is 16.8 Å². The second kappa shape index (κ2) is 8.22. The number of imidazole rings is 1. The molecule has 2 heterocycles. The Hall–Kier alpha value is -3.08. The molecule has 1 unspecified atom stereocenters. The van der Waals surface area contributed by atoms with Crippen LogP contribution in [0.2, 0.25) is 5.02 Å². The van der Waals surface area contributed by atoms with Gasteiger partial charge in [0.25, 0.3) is 5.56 Å². The number of nitrogens with zero attached hydrogens (tertiary/aromatic N) is 3. The Bertz CT molecular complexity index is 1200. The van der Waals surface area contributed by atoms with Crippen LogP contribution in [0.15, 0.2) is 35.4 Å². The Morgan fingerprint density at radius 3 is 2.48 bits per heavy atom. The average Bonchev–Trinajstić information content (AvgIpc) is 3.11. The lowest BCUT2D eigenvalue weighted by atomic mass is 10.2. The van der Waals surface area contributed by atoms with Gasteiger partial charge in [0.15, 0.2) is 6.10 Å². The maximum absolute atomic E-state index is 14.7. The zero-order valence-electron chi connectivity index (χ0n) is 16.4. The van der Waals surface area contributed by atoms with Gasteiger partial charge in [-0.15, -0.1) is 0 Å². The largest absolute Gasteiger partial charge is 0.477 e. The summed E-state index contributed by atoms with van der Waals surface area (Å²) in [5, 5.41) is -0.218. The number of fused-ring (bicyclic) bond motifs is 1. The molecule has 0 aliphatic heterocycles. The number of alkyl halides is 3. The number of aromatic nitrogens is 3. The molecule has 1 atom stereocenters. The van der Waals surface area contributed by atoms with Crippen molar-refractivity contribution in [2.75, 3.05) is 0 Å². The lowest BCUT2D eigenvalue weighted by Gasteiger charge is -2.18. The molecule has 0 amide bonds. The summed E-state index contributed by atoms with van der Waals surface area (Å²) in [5.41, 5.74) is -2.90. The number of carbonyl (C=O) groups excluding carboxylic acids is 1. The Balaban J connectivity index is 2.13. The van der Waals surface area contributed by atoms with E-state index >= 15 is 0 Å². The summed E-state index contributed by atoms with van der Waals surface area (Å²) in [6, 6.07) is 2.14. The molecule has 0 aliphatic carbocycles. The van der Waals surface area contributed by atoms with Crippen LogP contribution in [-0.4, -0.2) is 32.1 Å². The first-order valence-corrected chi connectivity index (χ1v) is 9.30. The van der Waals surface area contributed by atoms with E-state index in [4.69, 9.17) is 21.1 Å². The number of esters is 1. The molecule has 2 aromatic heterocycles. The number of hydrogen-bond acceptors (Lipinski definition) is 5. The maximum Gasteiger partial charge on any atom is 0.432 e. The second-order valence-corrected chi connectivity index (χ2v) is 7.19. The summed E-state index contributed by atoms with van der Waals surface area (Å²) >= 11 is 5.99. The van der Waals surface area contributed by atoms with E-state index in [9.17, 15) is 27.2 Å². The monoisotopic (exact) mass is 461 g/mol. The fourth-order valence-electron chi connectivity index (χ4n) is 2.79. The van der Waals surface area contributed by atoms with Gasteiger partial charge in [-0.1, -0.05) is 11.6 Å². The summed E-state index contributed by atoms with van der Waals surface area (Å²) in [6.45, 7) is 4.65. The van der Waals surface area contributed by atoms with Crippen LogP contribution in [0.4, 0.5) is 17.6 Å². The van der Waals surface area contributed by atoms with Crippen molar-refractivity contribution in [1.82, 2.24) is 14.0 Å². The standard InChI is InChI=1S/C19H16ClF4N3O4/c1-9(2)30-17(29)10(3)31-14-7-13(12(21)6-11(14)20)27-16(28)8-15(19(22,23)24)26-5-4-25-18(26)27/h4-10H,1-3H3. The minimum atomic E-state index is -4.84. The number of carbonyl (C=O) groups is 1. The predicted octanol–water partition coefficient (Wildman–Crippen LogP) is 4.02. The molecule has 0 N–H and O–H groups in total. The molecule has 0 saturated carbocycles. The minimum Gasteiger partial charge on any atom is -0.477 e. The van der Waals surface area contributed by atoms with E-state index in [0.717, 1.165) is 24.5 Å². The maximum atomic E-state index is 14.7. The number of halogens is 5. The van der Waals surface area contributed by atoms with Crippen LogP contribution in [0.25, 0.3) is 11.5 Å². The SMILES string of the molecule is CC(C)OC(=O)C(C)Oc1cc(-n2c(=O)cc(C(F)(F)F)n3ccnc23)c(F)cc1Cl. The molecule has 0 fully saturated rings. The van der Waals surface area contributed by atoms with Gasteiger partial charge in [0, 0.05) is 24.5 Å². The first-order chi connectivity index (χ1) is 14.4. The molecular formula is C19H16ClF4N3O4. The molecule has 3 aromatic rings. The van der Waals surface area contributed by atoms with Crippen LogP contribution in [-0.2, 0) is 15.7 Å². The van der Waals surface area contributed by atoms with E-state index in [1.165, 1.54) is 6.92 Å². The second-order valence-electron chi connectivity index (χ2n) is 6.78. The zero-order chi connectivity index (χ0) is 23.1. The Kier molecular flexibility index (Phi) is 5.99. The molecule has 0 bridgehead atoms. The van der Waals surface area contributed by atoms with Crippen LogP contribution in [0.1, 0.15) is 26.5 Å². The average molecular weight is 462 g/mol. The van der Waals surface area contributed by atoms with Crippen molar-refractivity contribution in [3.05, 3.63) is 57.5 Å². The summed E-state index contributed by atoms with van der Waals surface area (Å²) < 4.78 is 66.2. The quantitative estimate of drug-likeness (QED) is 0.424. The van der Waals surface area contributed by atoms with Gasteiger partial charge in [-0.3, -0.25) is 9.20 Å². The van der Waals surface area contributed by atoms with E-state index in [1.54, 1.807) is 13.8 Å². The molecule has 3 rings (SSSR count). The third kappa shape index (κ3) is 4.50. The Morgan fingerprint density at radius 1 is 1.19 bits per heavy atom. The highest BCUT2D eigenvalue weighted by Crippen LogP contribution is 2.32. The number of ether oxygens (including phenoxy) is 2. The first-order valence-electron chi connectivity index (χ1n) is 8.93. The van der Waals surface area contributed by atoms with Gasteiger partial charge in [-0.25, -0.2) is 18.7 Å². The van der Waals surface area contributed by atoms with Crippen molar-refractivity contribution in [1.29, 1.82) is 0 Å². The molecule has 0 spiro atoms. The predicted molar refractivity (Wildman–Crippen MR) is 102 cm³/mol. The molecular weight excluding hydrogens is 446 g/mol. The third-order valence-electron chi connectivity index (χ3n) is 4.08. The number of hydrogen-bond donors (Lipinski definition) is 0.